The summed E-state index contributed by atoms with van der Waals surface area (Å²) in [5.41, 5.74) is 3.36. The Morgan fingerprint density at radius 3 is 2.54 bits per heavy atom. The molecule has 10 heteroatoms. The van der Waals surface area contributed by atoms with Gasteiger partial charge in [0.05, 0.1) is 16.8 Å². The van der Waals surface area contributed by atoms with E-state index in [4.69, 9.17) is 0 Å². The van der Waals surface area contributed by atoms with Crippen LogP contribution in [0.5, 0.6) is 0 Å². The van der Waals surface area contributed by atoms with Crippen molar-refractivity contribution in [1.82, 2.24) is 25.4 Å². The van der Waals surface area contributed by atoms with Crippen molar-refractivity contribution in [2.24, 2.45) is 0 Å². The Morgan fingerprint density at radius 1 is 1.16 bits per heavy atom. The van der Waals surface area contributed by atoms with Crippen molar-refractivity contribution in [3.63, 3.8) is 0 Å². The molecular formula is C27H35FN6O3. The molecule has 4 rings (SSSR count). The number of aromatic nitrogens is 1. The second kappa shape index (κ2) is 11.3. The van der Waals surface area contributed by atoms with E-state index < -0.39 is 17.8 Å². The summed E-state index contributed by atoms with van der Waals surface area (Å²) < 4.78 is 14.2. The third kappa shape index (κ3) is 5.30. The molecule has 0 unspecified atom stereocenters. The molecule has 0 atom stereocenters. The number of amides is 4. The number of carbonyl (C=O) groups excluding carboxylic acids is 3. The van der Waals surface area contributed by atoms with E-state index >= 15 is 0 Å². The Morgan fingerprint density at radius 2 is 1.86 bits per heavy atom. The quantitative estimate of drug-likeness (QED) is 0.498. The van der Waals surface area contributed by atoms with Crippen LogP contribution in [0, 0.1) is 19.7 Å². The van der Waals surface area contributed by atoms with E-state index in [0.29, 0.717) is 66.5 Å². The monoisotopic (exact) mass is 510 g/mol. The fourth-order valence-corrected chi connectivity index (χ4v) is 4.95. The highest BCUT2D eigenvalue weighted by molar-refractivity contribution is 6.42. The first kappa shape index (κ1) is 26.6. The maximum absolute atomic E-state index is 14.2. The number of likely N-dealkylation sites (N-methyl/N-ethyl adjacent to an activating group) is 1. The molecule has 2 aromatic rings. The summed E-state index contributed by atoms with van der Waals surface area (Å²) in [5, 5.41) is 6.16. The largest absolute Gasteiger partial charge is 0.358 e. The number of aromatic amines is 1. The minimum atomic E-state index is -0.513. The Labute approximate surface area is 216 Å². The number of fused-ring (bicyclic) bond motifs is 1. The number of benzene rings is 1. The first-order chi connectivity index (χ1) is 17.8. The summed E-state index contributed by atoms with van der Waals surface area (Å²) in [6, 6.07) is 3.56. The van der Waals surface area contributed by atoms with Crippen LogP contribution in [-0.4, -0.2) is 85.0 Å². The molecule has 0 aliphatic carbocycles. The SMILES string of the molecule is CCN(CC)CCNC(=O)c1c(C)[nH]c(C=C2C(=O)N(C(=O)N3CCNCC3)c3ccc(F)cc32)c1C. The van der Waals surface area contributed by atoms with Crippen LogP contribution in [0.2, 0.25) is 0 Å². The number of nitrogens with one attached hydrogen (secondary N) is 3. The Kier molecular flexibility index (Phi) is 8.09. The van der Waals surface area contributed by atoms with Crippen LogP contribution in [0.3, 0.4) is 0 Å². The lowest BCUT2D eigenvalue weighted by Crippen LogP contribution is -2.52. The van der Waals surface area contributed by atoms with Gasteiger partial charge in [-0.25, -0.2) is 14.1 Å². The number of H-pyrrole nitrogens is 1. The zero-order valence-electron chi connectivity index (χ0n) is 21.9. The Balaban J connectivity index is 1.63. The minimum absolute atomic E-state index is 0.192. The molecule has 2 aliphatic heterocycles. The highest BCUT2D eigenvalue weighted by Gasteiger charge is 2.39. The van der Waals surface area contributed by atoms with Crippen LogP contribution in [0.25, 0.3) is 11.6 Å². The first-order valence-corrected chi connectivity index (χ1v) is 12.8. The standard InChI is InChI=1S/C27H35FN6O3/c1-5-32(6-2)12-11-30-25(35)24-17(3)22(31-18(24)4)16-21-20-15-19(28)7-8-23(20)34(26(21)36)27(37)33-13-9-29-10-14-33/h7-8,15-16,29,31H,5-6,9-14H2,1-4H3,(H,30,35). The smallest absolute Gasteiger partial charge is 0.331 e. The van der Waals surface area contributed by atoms with Gasteiger partial charge in [0.1, 0.15) is 5.82 Å². The Hall–Kier alpha value is -3.50. The minimum Gasteiger partial charge on any atom is -0.358 e. The number of urea groups is 1. The zero-order chi connectivity index (χ0) is 26.7. The molecule has 1 fully saturated rings. The lowest BCUT2D eigenvalue weighted by atomic mass is 10.0. The van der Waals surface area contributed by atoms with Crippen LogP contribution >= 0.6 is 0 Å². The molecule has 1 aromatic carbocycles. The molecule has 1 saturated heterocycles. The van der Waals surface area contributed by atoms with Gasteiger partial charge in [-0.3, -0.25) is 9.59 Å². The molecule has 3 N–H and O–H groups in total. The number of carbonyl (C=O) groups is 3. The van der Waals surface area contributed by atoms with Crippen molar-refractivity contribution in [2.45, 2.75) is 27.7 Å². The number of piperazine rings is 1. The number of anilines is 1. The molecule has 0 bridgehead atoms. The number of imide groups is 1. The summed E-state index contributed by atoms with van der Waals surface area (Å²) in [6.07, 6.45) is 1.61. The van der Waals surface area contributed by atoms with Gasteiger partial charge in [0.2, 0.25) is 0 Å². The number of rotatable bonds is 7. The molecule has 2 aliphatic rings. The second-order valence-corrected chi connectivity index (χ2v) is 9.33. The van der Waals surface area contributed by atoms with E-state index in [2.05, 4.69) is 34.4 Å². The maximum Gasteiger partial charge on any atom is 0.331 e. The molecule has 3 heterocycles. The first-order valence-electron chi connectivity index (χ1n) is 12.8. The normalized spacial score (nSPS) is 16.6. The average Bonchev–Trinajstić information content (AvgIpc) is 3.33. The summed E-state index contributed by atoms with van der Waals surface area (Å²) in [7, 11) is 0. The van der Waals surface area contributed by atoms with E-state index in [1.165, 1.54) is 18.2 Å². The van der Waals surface area contributed by atoms with E-state index in [-0.39, 0.29) is 11.5 Å². The van der Waals surface area contributed by atoms with Gasteiger partial charge < -0.3 is 25.4 Å². The van der Waals surface area contributed by atoms with Gasteiger partial charge in [0.15, 0.2) is 0 Å². The summed E-state index contributed by atoms with van der Waals surface area (Å²) in [5.74, 6) is -1.20. The highest BCUT2D eigenvalue weighted by Crippen LogP contribution is 2.39. The molecule has 0 radical (unpaired) electrons. The highest BCUT2D eigenvalue weighted by atomic mass is 19.1. The topological polar surface area (TPSA) is 101 Å². The summed E-state index contributed by atoms with van der Waals surface area (Å²) in [6.45, 7) is 13.1. The second-order valence-electron chi connectivity index (χ2n) is 9.33. The van der Waals surface area contributed by atoms with Gasteiger partial charge in [0.25, 0.3) is 11.8 Å². The molecule has 0 spiro atoms. The van der Waals surface area contributed by atoms with Gasteiger partial charge in [-0.05, 0) is 56.8 Å². The van der Waals surface area contributed by atoms with E-state index in [9.17, 15) is 18.8 Å². The number of aryl methyl sites for hydroxylation is 1. The third-order valence-electron chi connectivity index (χ3n) is 7.10. The lowest BCUT2D eigenvalue weighted by Gasteiger charge is -2.30. The third-order valence-corrected chi connectivity index (χ3v) is 7.10. The fraction of sp³-hybridized carbons (Fsp3) is 0.444. The van der Waals surface area contributed by atoms with E-state index in [1.54, 1.807) is 17.9 Å². The van der Waals surface area contributed by atoms with Crippen LogP contribution in [-0.2, 0) is 4.79 Å². The van der Waals surface area contributed by atoms with Crippen molar-refractivity contribution in [1.29, 1.82) is 0 Å². The van der Waals surface area contributed by atoms with Crippen LogP contribution in [0.1, 0.15) is 46.7 Å². The van der Waals surface area contributed by atoms with Gasteiger partial charge in [-0.15, -0.1) is 0 Å². The lowest BCUT2D eigenvalue weighted by molar-refractivity contribution is -0.112. The molecule has 0 saturated carbocycles. The molecule has 198 valence electrons. The van der Waals surface area contributed by atoms with Gasteiger partial charge >= 0.3 is 6.03 Å². The summed E-state index contributed by atoms with van der Waals surface area (Å²) >= 11 is 0. The summed E-state index contributed by atoms with van der Waals surface area (Å²) in [4.78, 5) is 48.0. The van der Waals surface area contributed by atoms with Crippen molar-refractivity contribution in [3.8, 4) is 0 Å². The molecular weight excluding hydrogens is 475 g/mol. The fourth-order valence-electron chi connectivity index (χ4n) is 4.95. The van der Waals surface area contributed by atoms with Crippen LogP contribution in [0.15, 0.2) is 18.2 Å². The van der Waals surface area contributed by atoms with Crippen molar-refractivity contribution < 1.29 is 18.8 Å². The van der Waals surface area contributed by atoms with E-state index in [1.807, 2.05) is 6.92 Å². The number of halogens is 1. The molecule has 1 aromatic heterocycles. The van der Waals surface area contributed by atoms with Crippen LogP contribution < -0.4 is 15.5 Å². The molecule has 9 nitrogen and oxygen atoms in total. The van der Waals surface area contributed by atoms with Crippen molar-refractivity contribution in [2.75, 3.05) is 57.3 Å². The van der Waals surface area contributed by atoms with Gasteiger partial charge in [0, 0.05) is 56.2 Å². The predicted molar refractivity (Wildman–Crippen MR) is 142 cm³/mol. The van der Waals surface area contributed by atoms with Crippen molar-refractivity contribution in [3.05, 3.63) is 52.1 Å². The molecule has 37 heavy (non-hydrogen) atoms. The zero-order valence-corrected chi connectivity index (χ0v) is 21.9. The number of hydrogen-bond acceptors (Lipinski definition) is 5. The van der Waals surface area contributed by atoms with Crippen molar-refractivity contribution >= 4 is 35.2 Å². The van der Waals surface area contributed by atoms with Crippen LogP contribution in [0.4, 0.5) is 14.9 Å². The van der Waals surface area contributed by atoms with E-state index in [0.717, 1.165) is 24.5 Å². The number of hydrogen-bond donors (Lipinski definition) is 3. The molecule has 4 amide bonds. The van der Waals surface area contributed by atoms with Gasteiger partial charge in [-0.1, -0.05) is 13.8 Å². The Bertz CT molecular complexity index is 1230. The number of nitrogens with zero attached hydrogens (tertiary/aromatic N) is 3. The maximum atomic E-state index is 14.2. The van der Waals surface area contributed by atoms with Gasteiger partial charge in [-0.2, -0.15) is 0 Å². The predicted octanol–water partition coefficient (Wildman–Crippen LogP) is 2.75. The average molecular weight is 511 g/mol.